The van der Waals surface area contributed by atoms with Crippen LogP contribution in [-0.4, -0.2) is 26.1 Å². The molecule has 25 heavy (non-hydrogen) atoms. The maximum Gasteiger partial charge on any atom is 0.332 e. The Hall–Kier alpha value is -2.44. The van der Waals surface area contributed by atoms with Crippen molar-refractivity contribution in [2.45, 2.75) is 53.0 Å². The molecule has 0 aliphatic rings. The summed E-state index contributed by atoms with van der Waals surface area (Å²) < 4.78 is 2.47. The largest absolute Gasteiger partial charge is 0.354 e. The van der Waals surface area contributed by atoms with Crippen molar-refractivity contribution < 1.29 is 4.79 Å². The van der Waals surface area contributed by atoms with Crippen LogP contribution in [-0.2, 0) is 25.3 Å². The van der Waals surface area contributed by atoms with E-state index in [0.717, 1.165) is 27.8 Å². The fourth-order valence-electron chi connectivity index (χ4n) is 3.00. The number of aryl methyl sites for hydroxylation is 3. The van der Waals surface area contributed by atoms with Crippen LogP contribution in [0.15, 0.2) is 9.59 Å². The van der Waals surface area contributed by atoms with E-state index in [0.29, 0.717) is 23.9 Å². The van der Waals surface area contributed by atoms with Gasteiger partial charge in [0, 0.05) is 32.3 Å². The first kappa shape index (κ1) is 18.9. The first-order valence-electron chi connectivity index (χ1n) is 8.54. The minimum Gasteiger partial charge on any atom is -0.354 e. The molecule has 7 nitrogen and oxygen atoms in total. The zero-order chi connectivity index (χ0) is 18.9. The lowest BCUT2D eigenvalue weighted by atomic mass is 9.99. The molecule has 2 aromatic heterocycles. The summed E-state index contributed by atoms with van der Waals surface area (Å²) in [5.74, 6) is -0.0124. The maximum atomic E-state index is 12.5. The summed E-state index contributed by atoms with van der Waals surface area (Å²) in [5, 5.41) is 3.38. The third-order valence-electron chi connectivity index (χ3n) is 4.79. The van der Waals surface area contributed by atoms with Gasteiger partial charge < -0.3 is 5.32 Å². The van der Waals surface area contributed by atoms with E-state index < -0.39 is 5.69 Å². The average Bonchev–Trinajstić information content (AvgIpc) is 2.57. The van der Waals surface area contributed by atoms with Gasteiger partial charge >= 0.3 is 5.69 Å². The number of fused-ring (bicyclic) bond motifs is 1. The van der Waals surface area contributed by atoms with Crippen molar-refractivity contribution in [3.63, 3.8) is 0 Å². The monoisotopic (exact) mass is 346 g/mol. The molecule has 0 radical (unpaired) electrons. The van der Waals surface area contributed by atoms with Gasteiger partial charge in [0.15, 0.2) is 0 Å². The van der Waals surface area contributed by atoms with E-state index in [9.17, 15) is 14.4 Å². The van der Waals surface area contributed by atoms with Crippen molar-refractivity contribution >= 4 is 16.9 Å². The molecule has 0 spiro atoms. The van der Waals surface area contributed by atoms with Crippen molar-refractivity contribution in [3.05, 3.63) is 37.7 Å². The average molecular weight is 346 g/mol. The lowest BCUT2D eigenvalue weighted by Gasteiger charge is -2.15. The summed E-state index contributed by atoms with van der Waals surface area (Å²) >= 11 is 0. The second-order valence-electron chi connectivity index (χ2n) is 6.58. The number of pyridine rings is 1. The summed E-state index contributed by atoms with van der Waals surface area (Å²) in [5.41, 5.74) is 2.05. The topological polar surface area (TPSA) is 86.0 Å². The number of carbonyl (C=O) groups is 1. The third-order valence-corrected chi connectivity index (χ3v) is 4.79. The van der Waals surface area contributed by atoms with E-state index in [1.165, 1.54) is 11.6 Å². The Morgan fingerprint density at radius 1 is 1.20 bits per heavy atom. The van der Waals surface area contributed by atoms with Crippen LogP contribution in [0.2, 0.25) is 0 Å². The molecule has 0 aromatic carbocycles. The lowest BCUT2D eigenvalue weighted by Crippen LogP contribution is -2.38. The molecule has 2 heterocycles. The fourth-order valence-corrected chi connectivity index (χ4v) is 3.00. The summed E-state index contributed by atoms with van der Waals surface area (Å²) in [6.07, 6.45) is 1.73. The van der Waals surface area contributed by atoms with Crippen molar-refractivity contribution in [3.8, 4) is 0 Å². The fraction of sp³-hybridized carbons (Fsp3) is 0.556. The van der Waals surface area contributed by atoms with Gasteiger partial charge in [-0.25, -0.2) is 9.78 Å². The van der Waals surface area contributed by atoms with Gasteiger partial charge in [-0.3, -0.25) is 18.7 Å². The molecule has 0 saturated heterocycles. The standard InChI is InChI=1S/C18H26N4O3/c1-7-10(2)19-14(23)9-8-13-11(3)15-16(20-12(13)4)21(5)18(25)22(6)17(15)24/h10H,7-9H2,1-6H3,(H,19,23). The predicted molar refractivity (Wildman–Crippen MR) is 97.9 cm³/mol. The van der Waals surface area contributed by atoms with Crippen LogP contribution in [0.1, 0.15) is 43.5 Å². The molecular weight excluding hydrogens is 320 g/mol. The molecule has 0 aliphatic carbocycles. The third kappa shape index (κ3) is 3.50. The Kier molecular flexibility index (Phi) is 5.45. The second-order valence-corrected chi connectivity index (χ2v) is 6.58. The van der Waals surface area contributed by atoms with Gasteiger partial charge in [0.1, 0.15) is 5.65 Å². The molecule has 136 valence electrons. The first-order chi connectivity index (χ1) is 11.7. The summed E-state index contributed by atoms with van der Waals surface area (Å²) in [4.78, 5) is 41.1. The highest BCUT2D eigenvalue weighted by atomic mass is 16.2. The molecule has 1 atom stereocenters. The van der Waals surface area contributed by atoms with Crippen molar-refractivity contribution in [2.24, 2.45) is 14.1 Å². The van der Waals surface area contributed by atoms with Crippen LogP contribution in [0.3, 0.4) is 0 Å². The minimum absolute atomic E-state index is 0.0124. The SMILES string of the molecule is CCC(C)NC(=O)CCc1c(C)nc2c(c1C)c(=O)n(C)c(=O)n2C. The van der Waals surface area contributed by atoms with Gasteiger partial charge in [-0.15, -0.1) is 0 Å². The van der Waals surface area contributed by atoms with E-state index in [-0.39, 0.29) is 17.5 Å². The number of rotatable bonds is 5. The van der Waals surface area contributed by atoms with E-state index in [1.807, 2.05) is 27.7 Å². The zero-order valence-corrected chi connectivity index (χ0v) is 15.8. The highest BCUT2D eigenvalue weighted by Gasteiger charge is 2.17. The molecule has 0 fully saturated rings. The molecular formula is C18H26N4O3. The highest BCUT2D eigenvalue weighted by molar-refractivity contribution is 5.80. The second kappa shape index (κ2) is 7.21. The Balaban J connectivity index is 2.48. The van der Waals surface area contributed by atoms with Gasteiger partial charge in [0.2, 0.25) is 5.91 Å². The van der Waals surface area contributed by atoms with E-state index >= 15 is 0 Å². The van der Waals surface area contributed by atoms with Crippen LogP contribution in [0.25, 0.3) is 11.0 Å². The quantitative estimate of drug-likeness (QED) is 0.878. The van der Waals surface area contributed by atoms with E-state index in [1.54, 1.807) is 7.05 Å². The Morgan fingerprint density at radius 3 is 2.44 bits per heavy atom. The molecule has 2 rings (SSSR count). The van der Waals surface area contributed by atoms with Gasteiger partial charge in [-0.2, -0.15) is 0 Å². The molecule has 2 aromatic rings. The molecule has 1 amide bonds. The van der Waals surface area contributed by atoms with Crippen LogP contribution in [0, 0.1) is 13.8 Å². The highest BCUT2D eigenvalue weighted by Crippen LogP contribution is 2.20. The molecule has 1 N–H and O–H groups in total. The zero-order valence-electron chi connectivity index (χ0n) is 15.8. The predicted octanol–water partition coefficient (Wildman–Crippen LogP) is 1.10. The maximum absolute atomic E-state index is 12.5. The number of carbonyl (C=O) groups excluding carboxylic acids is 1. The van der Waals surface area contributed by atoms with Gasteiger partial charge in [-0.05, 0) is 44.7 Å². The van der Waals surface area contributed by atoms with Crippen molar-refractivity contribution in [1.29, 1.82) is 0 Å². The number of hydrogen-bond acceptors (Lipinski definition) is 4. The summed E-state index contributed by atoms with van der Waals surface area (Å²) in [6, 6.07) is 0.145. The minimum atomic E-state index is -0.399. The van der Waals surface area contributed by atoms with Gasteiger partial charge in [-0.1, -0.05) is 6.92 Å². The van der Waals surface area contributed by atoms with E-state index in [4.69, 9.17) is 0 Å². The number of nitrogens with zero attached hydrogens (tertiary/aromatic N) is 3. The number of hydrogen-bond donors (Lipinski definition) is 1. The smallest absolute Gasteiger partial charge is 0.332 e. The Morgan fingerprint density at radius 2 is 1.84 bits per heavy atom. The molecule has 7 heteroatoms. The molecule has 0 aliphatic heterocycles. The number of aromatic nitrogens is 3. The van der Waals surface area contributed by atoms with Gasteiger partial charge in [0.25, 0.3) is 5.56 Å². The molecule has 0 bridgehead atoms. The van der Waals surface area contributed by atoms with Gasteiger partial charge in [0.05, 0.1) is 5.39 Å². The lowest BCUT2D eigenvalue weighted by molar-refractivity contribution is -0.121. The molecule has 0 saturated carbocycles. The summed E-state index contributed by atoms with van der Waals surface area (Å²) in [7, 11) is 3.07. The number of nitrogens with one attached hydrogen (secondary N) is 1. The Bertz CT molecular complexity index is 940. The first-order valence-corrected chi connectivity index (χ1v) is 8.54. The Labute approximate surface area is 146 Å². The normalized spacial score (nSPS) is 12.4. The van der Waals surface area contributed by atoms with Crippen LogP contribution in [0.4, 0.5) is 0 Å². The van der Waals surface area contributed by atoms with Crippen LogP contribution in [0.5, 0.6) is 0 Å². The van der Waals surface area contributed by atoms with Crippen molar-refractivity contribution in [2.75, 3.05) is 0 Å². The van der Waals surface area contributed by atoms with Crippen LogP contribution < -0.4 is 16.6 Å². The molecule has 1 unspecified atom stereocenters. The van der Waals surface area contributed by atoms with E-state index in [2.05, 4.69) is 10.3 Å². The van der Waals surface area contributed by atoms with Crippen LogP contribution >= 0.6 is 0 Å². The van der Waals surface area contributed by atoms with Crippen molar-refractivity contribution in [1.82, 2.24) is 19.4 Å². The summed E-state index contributed by atoms with van der Waals surface area (Å²) in [6.45, 7) is 7.68. The number of amides is 1.